The predicted octanol–water partition coefficient (Wildman–Crippen LogP) is 0.600. The fraction of sp³-hybridized carbons (Fsp3) is 0.818. The summed E-state index contributed by atoms with van der Waals surface area (Å²) in [6.45, 7) is 1.32. The third kappa shape index (κ3) is 2.80. The summed E-state index contributed by atoms with van der Waals surface area (Å²) in [5, 5.41) is 17.5. The van der Waals surface area contributed by atoms with Crippen molar-refractivity contribution in [2.24, 2.45) is 7.05 Å². The van der Waals surface area contributed by atoms with Crippen molar-refractivity contribution in [3.05, 3.63) is 12.2 Å². The zero-order valence-corrected chi connectivity index (χ0v) is 9.82. The third-order valence-electron chi connectivity index (χ3n) is 3.33. The van der Waals surface area contributed by atoms with Crippen molar-refractivity contribution in [2.75, 3.05) is 6.54 Å². The average molecular weight is 224 g/mol. The number of aromatic nitrogens is 3. The Morgan fingerprint density at radius 2 is 2.19 bits per heavy atom. The normalized spacial score (nSPS) is 19.9. The fourth-order valence-corrected chi connectivity index (χ4v) is 2.27. The lowest BCUT2D eigenvalue weighted by Gasteiger charge is -2.32. The molecule has 0 radical (unpaired) electrons. The van der Waals surface area contributed by atoms with Gasteiger partial charge in [-0.1, -0.05) is 19.3 Å². The van der Waals surface area contributed by atoms with Crippen molar-refractivity contribution in [1.29, 1.82) is 0 Å². The molecule has 16 heavy (non-hydrogen) atoms. The minimum absolute atomic E-state index is 0.503. The fourth-order valence-electron chi connectivity index (χ4n) is 2.27. The molecule has 5 heteroatoms. The lowest BCUT2D eigenvalue weighted by Crippen LogP contribution is -2.42. The first kappa shape index (κ1) is 11.5. The summed E-state index contributed by atoms with van der Waals surface area (Å²) in [7, 11) is 1.87. The molecule has 1 aliphatic rings. The molecule has 1 aromatic heterocycles. The van der Waals surface area contributed by atoms with E-state index in [2.05, 4.69) is 15.4 Å². The highest BCUT2D eigenvalue weighted by Gasteiger charge is 2.28. The van der Waals surface area contributed by atoms with Crippen molar-refractivity contribution in [3.63, 3.8) is 0 Å². The van der Waals surface area contributed by atoms with Crippen LogP contribution >= 0.6 is 0 Å². The summed E-state index contributed by atoms with van der Waals surface area (Å²) < 4.78 is 1.75. The van der Waals surface area contributed by atoms with Gasteiger partial charge in [-0.15, -0.1) is 0 Å². The van der Waals surface area contributed by atoms with Crippen molar-refractivity contribution in [3.8, 4) is 0 Å². The summed E-state index contributed by atoms with van der Waals surface area (Å²) in [5.41, 5.74) is -0.503. The molecule has 90 valence electrons. The Labute approximate surface area is 95.9 Å². The Bertz CT molecular complexity index is 330. The van der Waals surface area contributed by atoms with Crippen LogP contribution in [-0.4, -0.2) is 32.0 Å². The van der Waals surface area contributed by atoms with E-state index in [0.29, 0.717) is 13.1 Å². The Balaban J connectivity index is 1.77. The summed E-state index contributed by atoms with van der Waals surface area (Å²) >= 11 is 0. The van der Waals surface area contributed by atoms with Crippen molar-refractivity contribution in [2.45, 2.75) is 44.2 Å². The van der Waals surface area contributed by atoms with E-state index in [1.54, 1.807) is 11.0 Å². The Hall–Kier alpha value is -0.940. The molecule has 1 aromatic rings. The molecule has 0 atom stereocenters. The summed E-state index contributed by atoms with van der Waals surface area (Å²) in [6, 6.07) is 0. The number of rotatable bonds is 4. The highest BCUT2D eigenvalue weighted by molar-refractivity contribution is 4.87. The zero-order valence-electron chi connectivity index (χ0n) is 9.82. The molecule has 0 unspecified atom stereocenters. The molecule has 0 aromatic carbocycles. The van der Waals surface area contributed by atoms with Gasteiger partial charge >= 0.3 is 0 Å². The van der Waals surface area contributed by atoms with Crippen LogP contribution in [0.4, 0.5) is 0 Å². The zero-order chi connectivity index (χ0) is 11.4. The van der Waals surface area contributed by atoms with E-state index >= 15 is 0 Å². The first-order chi connectivity index (χ1) is 7.70. The van der Waals surface area contributed by atoms with E-state index < -0.39 is 5.60 Å². The average Bonchev–Trinajstić information content (AvgIpc) is 2.65. The highest BCUT2D eigenvalue weighted by Crippen LogP contribution is 2.27. The second-order valence-corrected chi connectivity index (χ2v) is 4.69. The molecular formula is C11H20N4O. The second-order valence-electron chi connectivity index (χ2n) is 4.69. The van der Waals surface area contributed by atoms with Crippen LogP contribution in [0.15, 0.2) is 6.33 Å². The maximum Gasteiger partial charge on any atom is 0.140 e. The molecular weight excluding hydrogens is 204 g/mol. The summed E-state index contributed by atoms with van der Waals surface area (Å²) in [6.07, 6.45) is 6.92. The second kappa shape index (κ2) is 4.93. The molecule has 1 saturated carbocycles. The minimum Gasteiger partial charge on any atom is -0.389 e. The molecule has 0 saturated heterocycles. The smallest absolute Gasteiger partial charge is 0.140 e. The molecule has 1 fully saturated rings. The number of nitrogens with one attached hydrogen (secondary N) is 1. The van der Waals surface area contributed by atoms with Gasteiger partial charge in [-0.05, 0) is 12.8 Å². The van der Waals surface area contributed by atoms with E-state index in [0.717, 1.165) is 31.5 Å². The number of nitrogens with zero attached hydrogens (tertiary/aromatic N) is 3. The topological polar surface area (TPSA) is 63.0 Å². The number of hydrogen-bond donors (Lipinski definition) is 2. The van der Waals surface area contributed by atoms with Crippen molar-refractivity contribution in [1.82, 2.24) is 20.1 Å². The summed E-state index contributed by atoms with van der Waals surface area (Å²) in [5.74, 6) is 0.902. The number of aliphatic hydroxyl groups is 1. The van der Waals surface area contributed by atoms with Gasteiger partial charge in [-0.2, -0.15) is 5.10 Å². The van der Waals surface area contributed by atoms with Crippen LogP contribution in [0.1, 0.15) is 37.9 Å². The Kier molecular flexibility index (Phi) is 3.56. The molecule has 2 N–H and O–H groups in total. The van der Waals surface area contributed by atoms with Crippen LogP contribution in [0.2, 0.25) is 0 Å². The molecule has 0 spiro atoms. The van der Waals surface area contributed by atoms with Crippen LogP contribution in [0.5, 0.6) is 0 Å². The van der Waals surface area contributed by atoms with Gasteiger partial charge in [0.25, 0.3) is 0 Å². The van der Waals surface area contributed by atoms with Gasteiger partial charge < -0.3 is 10.4 Å². The number of aryl methyl sites for hydroxylation is 1. The SMILES string of the molecule is Cn1ncnc1CNCC1(O)CCCCC1. The number of hydrogen-bond acceptors (Lipinski definition) is 4. The van der Waals surface area contributed by atoms with Gasteiger partial charge in [-0.25, -0.2) is 4.98 Å². The maximum absolute atomic E-state index is 10.3. The minimum atomic E-state index is -0.503. The van der Waals surface area contributed by atoms with Gasteiger partial charge in [0.15, 0.2) is 0 Å². The molecule has 5 nitrogen and oxygen atoms in total. The molecule has 0 bridgehead atoms. The summed E-state index contributed by atoms with van der Waals surface area (Å²) in [4.78, 5) is 4.13. The van der Waals surface area contributed by atoms with E-state index in [-0.39, 0.29) is 0 Å². The highest BCUT2D eigenvalue weighted by atomic mass is 16.3. The standard InChI is InChI=1S/C11H20N4O/c1-15-10(13-9-14-15)7-12-8-11(16)5-3-2-4-6-11/h9,12,16H,2-8H2,1H3. The van der Waals surface area contributed by atoms with Crippen LogP contribution in [0.25, 0.3) is 0 Å². The van der Waals surface area contributed by atoms with E-state index in [4.69, 9.17) is 0 Å². The largest absolute Gasteiger partial charge is 0.389 e. The first-order valence-electron chi connectivity index (χ1n) is 5.96. The van der Waals surface area contributed by atoms with Crippen molar-refractivity contribution >= 4 is 0 Å². The molecule has 0 amide bonds. The van der Waals surface area contributed by atoms with Gasteiger partial charge in [0.05, 0.1) is 12.1 Å². The predicted molar refractivity (Wildman–Crippen MR) is 60.7 cm³/mol. The lowest BCUT2D eigenvalue weighted by atomic mass is 9.85. The molecule has 1 heterocycles. The van der Waals surface area contributed by atoms with E-state index in [1.165, 1.54) is 6.42 Å². The van der Waals surface area contributed by atoms with Crippen LogP contribution in [0, 0.1) is 0 Å². The lowest BCUT2D eigenvalue weighted by molar-refractivity contribution is 0.00450. The maximum atomic E-state index is 10.3. The van der Waals surface area contributed by atoms with E-state index in [1.807, 2.05) is 7.05 Å². The monoisotopic (exact) mass is 224 g/mol. The molecule has 0 aliphatic heterocycles. The van der Waals surface area contributed by atoms with Crippen molar-refractivity contribution < 1.29 is 5.11 Å². The Morgan fingerprint density at radius 3 is 2.81 bits per heavy atom. The van der Waals surface area contributed by atoms with Crippen LogP contribution in [-0.2, 0) is 13.6 Å². The quantitative estimate of drug-likeness (QED) is 0.786. The van der Waals surface area contributed by atoms with Gasteiger partial charge in [0.1, 0.15) is 12.2 Å². The van der Waals surface area contributed by atoms with Gasteiger partial charge in [0.2, 0.25) is 0 Å². The molecule has 1 aliphatic carbocycles. The van der Waals surface area contributed by atoms with Gasteiger partial charge in [0, 0.05) is 13.6 Å². The van der Waals surface area contributed by atoms with Crippen LogP contribution < -0.4 is 5.32 Å². The van der Waals surface area contributed by atoms with Crippen LogP contribution in [0.3, 0.4) is 0 Å². The molecule has 2 rings (SSSR count). The third-order valence-corrected chi connectivity index (χ3v) is 3.33. The van der Waals surface area contributed by atoms with Gasteiger partial charge in [-0.3, -0.25) is 4.68 Å². The Morgan fingerprint density at radius 1 is 1.44 bits per heavy atom. The first-order valence-corrected chi connectivity index (χ1v) is 5.96. The van der Waals surface area contributed by atoms with E-state index in [9.17, 15) is 5.11 Å².